The maximum absolute atomic E-state index is 13.6. The van der Waals surface area contributed by atoms with Crippen LogP contribution >= 0.6 is 23.2 Å². The molecule has 0 aliphatic rings. The maximum atomic E-state index is 13.6. The first-order valence-corrected chi connectivity index (χ1v) is 6.27. The van der Waals surface area contributed by atoms with E-state index in [9.17, 15) is 4.39 Å². The van der Waals surface area contributed by atoms with E-state index < -0.39 is 0 Å². The van der Waals surface area contributed by atoms with Crippen LogP contribution in [-0.4, -0.2) is 0 Å². The van der Waals surface area contributed by atoms with Gasteiger partial charge in [0, 0.05) is 16.1 Å². The summed E-state index contributed by atoms with van der Waals surface area (Å²) in [5, 5.41) is 1.16. The fourth-order valence-corrected chi connectivity index (χ4v) is 2.09. The molecule has 2 rings (SSSR count). The topological polar surface area (TPSA) is 26.0 Å². The second-order valence-electron chi connectivity index (χ2n) is 4.10. The fourth-order valence-electron chi connectivity index (χ4n) is 1.76. The van der Waals surface area contributed by atoms with E-state index in [1.807, 2.05) is 12.1 Å². The molecule has 4 heteroatoms. The third kappa shape index (κ3) is 3.22. The van der Waals surface area contributed by atoms with E-state index in [0.29, 0.717) is 22.0 Å². The lowest BCUT2D eigenvalue weighted by Crippen LogP contribution is -2.14. The quantitative estimate of drug-likeness (QED) is 0.889. The zero-order chi connectivity index (χ0) is 13.1. The molecule has 0 aromatic heterocycles. The van der Waals surface area contributed by atoms with Crippen LogP contribution in [0.3, 0.4) is 0 Å². The van der Waals surface area contributed by atoms with Crippen LogP contribution in [0.1, 0.15) is 17.2 Å². The molecule has 0 bridgehead atoms. The van der Waals surface area contributed by atoms with Crippen LogP contribution in [-0.2, 0) is 6.42 Å². The van der Waals surface area contributed by atoms with Crippen molar-refractivity contribution in [3.63, 3.8) is 0 Å². The highest BCUT2D eigenvalue weighted by Gasteiger charge is 2.11. The predicted molar refractivity (Wildman–Crippen MR) is 73.5 cm³/mol. The molecule has 0 aliphatic carbocycles. The third-order valence-corrected chi connectivity index (χ3v) is 3.23. The van der Waals surface area contributed by atoms with Gasteiger partial charge in [-0.2, -0.15) is 0 Å². The number of rotatable bonds is 3. The smallest absolute Gasteiger partial charge is 0.126 e. The van der Waals surface area contributed by atoms with Crippen molar-refractivity contribution in [1.82, 2.24) is 0 Å². The van der Waals surface area contributed by atoms with Crippen LogP contribution in [0.15, 0.2) is 42.5 Å². The Balaban J connectivity index is 2.18. The van der Waals surface area contributed by atoms with Gasteiger partial charge in [-0.25, -0.2) is 4.39 Å². The minimum absolute atomic E-state index is 0.282. The summed E-state index contributed by atoms with van der Waals surface area (Å²) in [7, 11) is 0. The normalized spacial score (nSPS) is 12.4. The predicted octanol–water partition coefficient (Wildman–Crippen LogP) is 4.38. The van der Waals surface area contributed by atoms with Crippen LogP contribution in [0, 0.1) is 5.82 Å². The Morgan fingerprint density at radius 2 is 1.61 bits per heavy atom. The molecule has 94 valence electrons. The average molecular weight is 284 g/mol. The van der Waals surface area contributed by atoms with Gasteiger partial charge in [0.25, 0.3) is 0 Å². The highest BCUT2D eigenvalue weighted by molar-refractivity contribution is 6.30. The number of benzene rings is 2. The molecule has 1 nitrogen and oxygen atoms in total. The van der Waals surface area contributed by atoms with Crippen LogP contribution in [0.2, 0.25) is 10.0 Å². The number of halogens is 3. The molecule has 2 N–H and O–H groups in total. The summed E-state index contributed by atoms with van der Waals surface area (Å²) in [6, 6.07) is 11.4. The van der Waals surface area contributed by atoms with Crippen molar-refractivity contribution in [3.05, 3.63) is 69.5 Å². The minimum atomic E-state index is -0.288. The molecule has 0 amide bonds. The van der Waals surface area contributed by atoms with Crippen molar-refractivity contribution in [2.75, 3.05) is 0 Å². The van der Waals surface area contributed by atoms with Crippen LogP contribution in [0.4, 0.5) is 4.39 Å². The average Bonchev–Trinajstić information content (AvgIpc) is 2.34. The molecule has 0 aliphatic heterocycles. The molecule has 0 heterocycles. The van der Waals surface area contributed by atoms with Crippen molar-refractivity contribution in [2.45, 2.75) is 12.5 Å². The largest absolute Gasteiger partial charge is 0.324 e. The molecule has 18 heavy (non-hydrogen) atoms. The molecule has 0 fully saturated rings. The maximum Gasteiger partial charge on any atom is 0.126 e. The van der Waals surface area contributed by atoms with E-state index in [1.165, 1.54) is 12.1 Å². The van der Waals surface area contributed by atoms with Crippen molar-refractivity contribution in [2.24, 2.45) is 5.73 Å². The summed E-state index contributed by atoms with van der Waals surface area (Å²) in [4.78, 5) is 0. The molecule has 0 saturated heterocycles. The molecule has 1 atom stereocenters. The first kappa shape index (κ1) is 13.3. The van der Waals surface area contributed by atoms with Gasteiger partial charge in [0.15, 0.2) is 0 Å². The van der Waals surface area contributed by atoms with Gasteiger partial charge >= 0.3 is 0 Å². The highest BCUT2D eigenvalue weighted by Crippen LogP contribution is 2.22. The summed E-state index contributed by atoms with van der Waals surface area (Å²) in [6.07, 6.45) is 0.397. The van der Waals surface area contributed by atoms with Crippen LogP contribution in [0.5, 0.6) is 0 Å². The van der Waals surface area contributed by atoms with E-state index in [-0.39, 0.29) is 11.9 Å². The number of hydrogen-bond acceptors (Lipinski definition) is 1. The molecular weight excluding hydrogens is 272 g/mol. The van der Waals surface area contributed by atoms with E-state index in [2.05, 4.69) is 0 Å². The zero-order valence-electron chi connectivity index (χ0n) is 9.54. The van der Waals surface area contributed by atoms with Crippen LogP contribution < -0.4 is 5.73 Å². The van der Waals surface area contributed by atoms with Gasteiger partial charge in [-0.1, -0.05) is 35.3 Å². The van der Waals surface area contributed by atoms with Gasteiger partial charge in [0.1, 0.15) is 5.82 Å². The van der Waals surface area contributed by atoms with E-state index in [4.69, 9.17) is 28.9 Å². The summed E-state index contributed by atoms with van der Waals surface area (Å²) < 4.78 is 13.6. The van der Waals surface area contributed by atoms with Gasteiger partial charge in [-0.3, -0.25) is 0 Å². The first-order chi connectivity index (χ1) is 8.56. The summed E-state index contributed by atoms with van der Waals surface area (Å²) in [5.74, 6) is -0.288. The second-order valence-corrected chi connectivity index (χ2v) is 4.97. The van der Waals surface area contributed by atoms with Gasteiger partial charge in [-0.15, -0.1) is 0 Å². The van der Waals surface area contributed by atoms with Gasteiger partial charge < -0.3 is 5.73 Å². The summed E-state index contributed by atoms with van der Waals surface area (Å²) in [5.41, 5.74) is 7.48. The minimum Gasteiger partial charge on any atom is -0.324 e. The van der Waals surface area contributed by atoms with Crippen molar-refractivity contribution < 1.29 is 4.39 Å². The lowest BCUT2D eigenvalue weighted by molar-refractivity contribution is 0.593. The number of nitrogens with two attached hydrogens (primary N) is 1. The van der Waals surface area contributed by atoms with E-state index in [0.717, 1.165) is 5.56 Å². The Bertz CT molecular complexity index is 540. The lowest BCUT2D eigenvalue weighted by Gasteiger charge is -2.13. The van der Waals surface area contributed by atoms with Crippen molar-refractivity contribution in [3.8, 4) is 0 Å². The van der Waals surface area contributed by atoms with Gasteiger partial charge in [-0.05, 0) is 47.9 Å². The zero-order valence-corrected chi connectivity index (χ0v) is 11.0. The Morgan fingerprint density at radius 1 is 1.00 bits per heavy atom. The monoisotopic (exact) mass is 283 g/mol. The molecule has 0 saturated carbocycles. The SMILES string of the molecule is NC(Cc1cc(Cl)ccc1F)c1ccc(Cl)cc1. The van der Waals surface area contributed by atoms with Crippen molar-refractivity contribution >= 4 is 23.2 Å². The van der Waals surface area contributed by atoms with E-state index in [1.54, 1.807) is 18.2 Å². The Morgan fingerprint density at radius 3 is 2.28 bits per heavy atom. The number of hydrogen-bond donors (Lipinski definition) is 1. The fraction of sp³-hybridized carbons (Fsp3) is 0.143. The highest BCUT2D eigenvalue weighted by atomic mass is 35.5. The second kappa shape index (κ2) is 5.70. The summed E-state index contributed by atoms with van der Waals surface area (Å²) >= 11 is 11.6. The van der Waals surface area contributed by atoms with Gasteiger partial charge in [0.05, 0.1) is 0 Å². The molecule has 2 aromatic rings. The molecular formula is C14H12Cl2FN. The van der Waals surface area contributed by atoms with Crippen molar-refractivity contribution in [1.29, 1.82) is 0 Å². The molecule has 1 unspecified atom stereocenters. The third-order valence-electron chi connectivity index (χ3n) is 2.75. The summed E-state index contributed by atoms with van der Waals surface area (Å²) in [6.45, 7) is 0. The van der Waals surface area contributed by atoms with Gasteiger partial charge in [0.2, 0.25) is 0 Å². The first-order valence-electron chi connectivity index (χ1n) is 5.51. The van der Waals surface area contributed by atoms with Crippen LogP contribution in [0.25, 0.3) is 0 Å². The Labute approximate surface area is 115 Å². The Kier molecular flexibility index (Phi) is 4.23. The molecule has 0 radical (unpaired) electrons. The lowest BCUT2D eigenvalue weighted by atomic mass is 9.99. The Hall–Kier alpha value is -1.09. The van der Waals surface area contributed by atoms with E-state index >= 15 is 0 Å². The molecule has 2 aromatic carbocycles. The standard InChI is InChI=1S/C14H12Cl2FN/c15-11-3-1-9(2-4-11)14(18)8-10-7-12(16)5-6-13(10)17/h1-7,14H,8,18H2. The molecule has 0 spiro atoms.